The molecule has 0 unspecified atom stereocenters. The predicted molar refractivity (Wildman–Crippen MR) is 57.3 cm³/mol. The second-order valence-electron chi connectivity index (χ2n) is 2.89. The molecule has 7 nitrogen and oxygen atoms in total. The zero-order valence-corrected chi connectivity index (χ0v) is 8.87. The maximum absolute atomic E-state index is 10.4. The van der Waals surface area contributed by atoms with Crippen molar-refractivity contribution >= 4 is 17.8 Å². The van der Waals surface area contributed by atoms with Gasteiger partial charge in [0, 0.05) is 12.4 Å². The lowest BCUT2D eigenvalue weighted by Crippen LogP contribution is -2.10. The van der Waals surface area contributed by atoms with Crippen LogP contribution in [0.3, 0.4) is 0 Å². The van der Waals surface area contributed by atoms with Crippen molar-refractivity contribution in [2.75, 3.05) is 0 Å². The van der Waals surface area contributed by atoms with Crippen molar-refractivity contribution in [2.45, 2.75) is 12.8 Å². The fraction of sp³-hybridized carbons (Fsp3) is 0.200. The van der Waals surface area contributed by atoms with Crippen LogP contribution in [0, 0.1) is 0 Å². The summed E-state index contributed by atoms with van der Waals surface area (Å²) in [5, 5.41) is 15.8. The van der Waals surface area contributed by atoms with E-state index in [0.717, 1.165) is 0 Å². The molecule has 0 aliphatic heterocycles. The van der Waals surface area contributed by atoms with E-state index in [1.165, 1.54) is 6.20 Å². The highest BCUT2D eigenvalue weighted by Gasteiger charge is 2.00. The van der Waals surface area contributed by atoms with Gasteiger partial charge in [-0.1, -0.05) is 0 Å². The molecule has 0 fully saturated rings. The topological polar surface area (TPSA) is 131 Å². The smallest absolute Gasteiger partial charge is 0.303 e. The van der Waals surface area contributed by atoms with Crippen LogP contribution < -0.4 is 5.73 Å². The summed E-state index contributed by atoms with van der Waals surface area (Å²) in [6.07, 6.45) is 2.43. The predicted octanol–water partition coefficient (Wildman–Crippen LogP) is 0.116. The molecule has 1 amide bonds. The average Bonchev–Trinajstić information content (AvgIpc) is 2.28. The first-order valence-corrected chi connectivity index (χ1v) is 4.57. The standard InChI is InChI=1S/C6H6N2O.C4H6O4/c7-6(9)5-2-1-3-8-4-5;5-3(6)1-2-4(7)8/h1-4H,(H2,7,9);1-2H2,(H,5,6)(H,7,8). The Labute approximate surface area is 96.9 Å². The normalized spacial score (nSPS) is 8.71. The number of aromatic nitrogens is 1. The molecule has 0 saturated heterocycles. The monoisotopic (exact) mass is 240 g/mol. The highest BCUT2D eigenvalue weighted by molar-refractivity contribution is 5.92. The van der Waals surface area contributed by atoms with Gasteiger partial charge in [0.15, 0.2) is 0 Å². The number of primary amides is 1. The molecule has 0 spiro atoms. The van der Waals surface area contributed by atoms with Crippen LogP contribution in [-0.2, 0) is 9.59 Å². The fourth-order valence-electron chi connectivity index (χ4n) is 0.722. The average molecular weight is 240 g/mol. The molecule has 0 radical (unpaired) electrons. The van der Waals surface area contributed by atoms with Gasteiger partial charge in [-0.05, 0) is 12.1 Å². The molecule has 1 aromatic rings. The fourth-order valence-corrected chi connectivity index (χ4v) is 0.722. The van der Waals surface area contributed by atoms with E-state index in [1.54, 1.807) is 18.3 Å². The lowest BCUT2D eigenvalue weighted by atomic mass is 10.3. The van der Waals surface area contributed by atoms with E-state index in [9.17, 15) is 14.4 Å². The summed E-state index contributed by atoms with van der Waals surface area (Å²) in [6, 6.07) is 3.29. The molecular formula is C10H12N2O5. The van der Waals surface area contributed by atoms with Crippen molar-refractivity contribution in [1.29, 1.82) is 0 Å². The minimum Gasteiger partial charge on any atom is -0.481 e. The number of rotatable bonds is 4. The maximum Gasteiger partial charge on any atom is 0.303 e. The van der Waals surface area contributed by atoms with Gasteiger partial charge in [0.2, 0.25) is 5.91 Å². The van der Waals surface area contributed by atoms with Gasteiger partial charge < -0.3 is 15.9 Å². The van der Waals surface area contributed by atoms with E-state index in [4.69, 9.17) is 15.9 Å². The number of pyridine rings is 1. The number of amides is 1. The van der Waals surface area contributed by atoms with Crippen LogP contribution in [0.2, 0.25) is 0 Å². The highest BCUT2D eigenvalue weighted by Crippen LogP contribution is 1.91. The van der Waals surface area contributed by atoms with Crippen molar-refractivity contribution in [2.24, 2.45) is 5.73 Å². The van der Waals surface area contributed by atoms with Crippen molar-refractivity contribution in [3.8, 4) is 0 Å². The molecule has 1 heterocycles. The lowest BCUT2D eigenvalue weighted by molar-refractivity contribution is -0.143. The minimum atomic E-state index is -1.08. The molecule has 0 bridgehead atoms. The number of nitrogens with zero attached hydrogens (tertiary/aromatic N) is 1. The second kappa shape index (κ2) is 7.80. The summed E-state index contributed by atoms with van der Waals surface area (Å²) in [7, 11) is 0. The van der Waals surface area contributed by atoms with Gasteiger partial charge >= 0.3 is 11.9 Å². The molecule has 0 aliphatic carbocycles. The largest absolute Gasteiger partial charge is 0.481 e. The highest BCUT2D eigenvalue weighted by atomic mass is 16.4. The van der Waals surface area contributed by atoms with Gasteiger partial charge in [-0.25, -0.2) is 0 Å². The molecule has 0 atom stereocenters. The zero-order valence-electron chi connectivity index (χ0n) is 8.87. The molecule has 0 saturated carbocycles. The molecule has 17 heavy (non-hydrogen) atoms. The Hall–Kier alpha value is -2.44. The molecule has 1 aromatic heterocycles. The van der Waals surface area contributed by atoms with Crippen LogP contribution in [0.15, 0.2) is 24.5 Å². The van der Waals surface area contributed by atoms with Crippen LogP contribution in [-0.4, -0.2) is 33.0 Å². The van der Waals surface area contributed by atoms with Crippen molar-refractivity contribution in [1.82, 2.24) is 4.98 Å². The SMILES string of the molecule is NC(=O)c1cccnc1.O=C(O)CCC(=O)O. The first kappa shape index (κ1) is 14.6. The zero-order chi connectivity index (χ0) is 13.3. The van der Waals surface area contributed by atoms with E-state index in [1.807, 2.05) is 0 Å². The lowest BCUT2D eigenvalue weighted by Gasteiger charge is -1.88. The molecule has 1 rings (SSSR count). The molecular weight excluding hydrogens is 228 g/mol. The molecule has 0 aromatic carbocycles. The molecule has 7 heteroatoms. The second-order valence-corrected chi connectivity index (χ2v) is 2.89. The number of hydrogen-bond acceptors (Lipinski definition) is 4. The van der Waals surface area contributed by atoms with Gasteiger partial charge in [0.1, 0.15) is 0 Å². The Kier molecular flexibility index (Phi) is 6.68. The van der Waals surface area contributed by atoms with Gasteiger partial charge in [0.25, 0.3) is 0 Å². The van der Waals surface area contributed by atoms with Gasteiger partial charge in [0.05, 0.1) is 18.4 Å². The first-order valence-electron chi connectivity index (χ1n) is 4.57. The summed E-state index contributed by atoms with van der Waals surface area (Å²) < 4.78 is 0. The Balaban J connectivity index is 0.000000304. The summed E-state index contributed by atoms with van der Waals surface area (Å²) in [6.45, 7) is 0. The first-order chi connectivity index (χ1) is 7.93. The number of carboxylic acids is 2. The third kappa shape index (κ3) is 8.55. The molecule has 4 N–H and O–H groups in total. The third-order valence-electron chi connectivity index (χ3n) is 1.50. The number of hydrogen-bond donors (Lipinski definition) is 3. The number of carbonyl (C=O) groups excluding carboxylic acids is 1. The quantitative estimate of drug-likeness (QED) is 0.684. The number of nitrogens with two attached hydrogens (primary N) is 1. The summed E-state index contributed by atoms with van der Waals surface area (Å²) >= 11 is 0. The Morgan fingerprint density at radius 1 is 1.18 bits per heavy atom. The van der Waals surface area contributed by atoms with Crippen LogP contribution in [0.25, 0.3) is 0 Å². The van der Waals surface area contributed by atoms with Crippen LogP contribution in [0.4, 0.5) is 0 Å². The van der Waals surface area contributed by atoms with E-state index in [0.29, 0.717) is 5.56 Å². The minimum absolute atomic E-state index is 0.296. The van der Waals surface area contributed by atoms with E-state index in [-0.39, 0.29) is 12.8 Å². The van der Waals surface area contributed by atoms with Crippen molar-refractivity contribution in [3.05, 3.63) is 30.1 Å². The van der Waals surface area contributed by atoms with Gasteiger partial charge in [-0.3, -0.25) is 19.4 Å². The van der Waals surface area contributed by atoms with Crippen LogP contribution in [0.5, 0.6) is 0 Å². The van der Waals surface area contributed by atoms with E-state index in [2.05, 4.69) is 4.98 Å². The van der Waals surface area contributed by atoms with E-state index < -0.39 is 17.8 Å². The van der Waals surface area contributed by atoms with E-state index >= 15 is 0 Å². The number of carboxylic acid groups (broad SMARTS) is 2. The number of carbonyl (C=O) groups is 3. The van der Waals surface area contributed by atoms with Crippen molar-refractivity contribution in [3.63, 3.8) is 0 Å². The van der Waals surface area contributed by atoms with Gasteiger partial charge in [-0.15, -0.1) is 0 Å². The summed E-state index contributed by atoms with van der Waals surface area (Å²) in [5.41, 5.74) is 5.38. The Bertz CT molecular complexity index is 377. The van der Waals surface area contributed by atoms with Crippen LogP contribution >= 0.6 is 0 Å². The Morgan fingerprint density at radius 2 is 1.71 bits per heavy atom. The van der Waals surface area contributed by atoms with Gasteiger partial charge in [-0.2, -0.15) is 0 Å². The number of aliphatic carboxylic acids is 2. The summed E-state index contributed by atoms with van der Waals surface area (Å²) in [5.74, 6) is -2.59. The Morgan fingerprint density at radius 3 is 1.94 bits per heavy atom. The van der Waals surface area contributed by atoms with Crippen LogP contribution in [0.1, 0.15) is 23.2 Å². The van der Waals surface area contributed by atoms with Crippen molar-refractivity contribution < 1.29 is 24.6 Å². The third-order valence-corrected chi connectivity index (χ3v) is 1.50. The molecule has 0 aliphatic rings. The maximum atomic E-state index is 10.4. The molecule has 92 valence electrons. The summed E-state index contributed by atoms with van der Waals surface area (Å²) in [4.78, 5) is 33.4.